The predicted octanol–water partition coefficient (Wildman–Crippen LogP) is 1.30. The third-order valence-electron chi connectivity index (χ3n) is 2.61. The van der Waals surface area contributed by atoms with Gasteiger partial charge in [0.05, 0.1) is 0 Å². The van der Waals surface area contributed by atoms with Gasteiger partial charge in [0.25, 0.3) is 5.56 Å². The van der Waals surface area contributed by atoms with Crippen LogP contribution in [0.3, 0.4) is 0 Å². The van der Waals surface area contributed by atoms with Crippen LogP contribution in [-0.4, -0.2) is 25.1 Å². The van der Waals surface area contributed by atoms with Gasteiger partial charge in [0.1, 0.15) is 5.69 Å². The average molecular weight is 231 g/mol. The second-order valence-corrected chi connectivity index (χ2v) is 3.69. The summed E-state index contributed by atoms with van der Waals surface area (Å²) in [5.74, 6) is 0. The van der Waals surface area contributed by atoms with Crippen molar-refractivity contribution in [2.45, 2.75) is 0 Å². The summed E-state index contributed by atoms with van der Waals surface area (Å²) in [7, 11) is 3.08. The van der Waals surface area contributed by atoms with Gasteiger partial charge >= 0.3 is 6.03 Å². The molecule has 0 fully saturated rings. The van der Waals surface area contributed by atoms with Crippen LogP contribution in [-0.2, 0) is 0 Å². The Morgan fingerprint density at radius 1 is 1.35 bits per heavy atom. The lowest BCUT2D eigenvalue weighted by Gasteiger charge is -2.15. The topological polar surface area (TPSA) is 65.2 Å². The van der Waals surface area contributed by atoms with Gasteiger partial charge in [-0.1, -0.05) is 18.2 Å². The van der Waals surface area contributed by atoms with E-state index in [4.69, 9.17) is 0 Å². The van der Waals surface area contributed by atoms with Crippen LogP contribution >= 0.6 is 0 Å². The summed E-state index contributed by atoms with van der Waals surface area (Å²) >= 11 is 0. The van der Waals surface area contributed by atoms with Gasteiger partial charge in [0.15, 0.2) is 0 Å². The Bertz CT molecular complexity index is 618. The van der Waals surface area contributed by atoms with Gasteiger partial charge in [-0.05, 0) is 12.1 Å². The van der Waals surface area contributed by atoms with Crippen LogP contribution in [0.25, 0.3) is 10.9 Å². The largest absolute Gasteiger partial charge is 0.341 e. The molecule has 1 aromatic heterocycles. The van der Waals surface area contributed by atoms with Crippen molar-refractivity contribution in [2.24, 2.45) is 0 Å². The van der Waals surface area contributed by atoms with Gasteiger partial charge in [0.2, 0.25) is 0 Å². The van der Waals surface area contributed by atoms with Crippen LogP contribution in [0, 0.1) is 0 Å². The van der Waals surface area contributed by atoms with Crippen molar-refractivity contribution in [3.63, 3.8) is 0 Å². The molecule has 2 N–H and O–H groups in total. The first-order chi connectivity index (χ1) is 8.13. The molecule has 0 bridgehead atoms. The maximum Gasteiger partial charge on any atom is 0.321 e. The summed E-state index contributed by atoms with van der Waals surface area (Å²) < 4.78 is 0. The van der Waals surface area contributed by atoms with E-state index in [9.17, 15) is 9.59 Å². The molecule has 2 aromatic rings. The summed E-state index contributed by atoms with van der Waals surface area (Å²) in [6.45, 7) is 0. The number of pyridine rings is 1. The van der Waals surface area contributed by atoms with E-state index in [-0.39, 0.29) is 11.6 Å². The molecule has 0 saturated heterocycles. The second kappa shape index (κ2) is 4.29. The molecule has 0 spiro atoms. The highest BCUT2D eigenvalue weighted by Gasteiger charge is 2.12. The minimum absolute atomic E-state index is 0.283. The maximum atomic E-state index is 11.8. The fourth-order valence-corrected chi connectivity index (χ4v) is 1.66. The zero-order valence-corrected chi connectivity index (χ0v) is 9.65. The van der Waals surface area contributed by atoms with E-state index in [1.54, 1.807) is 13.1 Å². The summed E-state index contributed by atoms with van der Waals surface area (Å²) in [6, 6.07) is 8.80. The smallest absolute Gasteiger partial charge is 0.321 e. The van der Waals surface area contributed by atoms with E-state index in [0.29, 0.717) is 5.69 Å². The number of hydrogen-bond donors (Lipinski definition) is 2. The number of fused-ring (bicyclic) bond motifs is 1. The quantitative estimate of drug-likeness (QED) is 0.777. The molecule has 1 heterocycles. The van der Waals surface area contributed by atoms with Crippen molar-refractivity contribution >= 4 is 22.6 Å². The van der Waals surface area contributed by atoms with E-state index in [1.165, 1.54) is 11.9 Å². The molecule has 1 aromatic carbocycles. The third-order valence-corrected chi connectivity index (χ3v) is 2.61. The van der Waals surface area contributed by atoms with E-state index >= 15 is 0 Å². The van der Waals surface area contributed by atoms with E-state index in [1.807, 2.05) is 24.3 Å². The number of carbonyl (C=O) groups excluding carboxylic acids is 1. The van der Waals surface area contributed by atoms with Crippen molar-refractivity contribution in [3.05, 3.63) is 40.7 Å². The molecule has 0 aliphatic carbocycles. The van der Waals surface area contributed by atoms with Crippen LogP contribution in [0.2, 0.25) is 0 Å². The number of nitrogens with zero attached hydrogens (tertiary/aromatic N) is 1. The number of carbonyl (C=O) groups is 1. The first-order valence-electron chi connectivity index (χ1n) is 5.21. The fourth-order valence-electron chi connectivity index (χ4n) is 1.66. The van der Waals surface area contributed by atoms with Crippen LogP contribution in [0.1, 0.15) is 0 Å². The Kier molecular flexibility index (Phi) is 2.82. The lowest BCUT2D eigenvalue weighted by atomic mass is 10.2. The summed E-state index contributed by atoms with van der Waals surface area (Å²) in [5, 5.41) is 3.36. The molecule has 0 atom stereocenters. The van der Waals surface area contributed by atoms with Crippen molar-refractivity contribution in [2.75, 3.05) is 19.0 Å². The molecule has 0 aliphatic heterocycles. The standard InChI is InChI=1S/C12H13N3O2/c1-13-12(17)15(2)10-7-8-5-3-4-6-9(8)14-11(10)16/h3-7H,1-2H3,(H,13,17)(H,14,16). The van der Waals surface area contributed by atoms with Crippen LogP contribution in [0.5, 0.6) is 0 Å². The molecule has 2 rings (SSSR count). The Labute approximate surface area is 98.1 Å². The molecule has 0 aliphatic rings. The van der Waals surface area contributed by atoms with Gasteiger partial charge in [-0.2, -0.15) is 0 Å². The maximum absolute atomic E-state index is 11.8. The number of H-pyrrole nitrogens is 1. The number of urea groups is 1. The van der Waals surface area contributed by atoms with E-state index < -0.39 is 0 Å². The molecule has 0 radical (unpaired) electrons. The highest BCUT2D eigenvalue weighted by Crippen LogP contribution is 2.14. The van der Waals surface area contributed by atoms with Crippen molar-refractivity contribution in [1.29, 1.82) is 0 Å². The lowest BCUT2D eigenvalue weighted by Crippen LogP contribution is -2.37. The number of amides is 2. The normalized spacial score (nSPS) is 10.2. The van der Waals surface area contributed by atoms with E-state index in [2.05, 4.69) is 10.3 Å². The number of aromatic amines is 1. The molecule has 0 unspecified atom stereocenters. The highest BCUT2D eigenvalue weighted by atomic mass is 16.2. The van der Waals surface area contributed by atoms with Gasteiger partial charge in [0, 0.05) is 25.0 Å². The first kappa shape index (κ1) is 11.2. The molecule has 17 heavy (non-hydrogen) atoms. The van der Waals surface area contributed by atoms with Crippen molar-refractivity contribution < 1.29 is 4.79 Å². The molecule has 2 amide bonds. The number of aromatic nitrogens is 1. The zero-order valence-electron chi connectivity index (χ0n) is 9.65. The minimum Gasteiger partial charge on any atom is -0.341 e. The first-order valence-corrected chi connectivity index (χ1v) is 5.21. The molecular weight excluding hydrogens is 218 g/mol. The molecule has 0 saturated carbocycles. The number of rotatable bonds is 1. The molecule has 5 nitrogen and oxygen atoms in total. The number of nitrogens with one attached hydrogen (secondary N) is 2. The molecule has 88 valence electrons. The van der Waals surface area contributed by atoms with Crippen LogP contribution < -0.4 is 15.8 Å². The van der Waals surface area contributed by atoms with Crippen molar-refractivity contribution in [1.82, 2.24) is 10.3 Å². The Morgan fingerprint density at radius 2 is 2.06 bits per heavy atom. The van der Waals surface area contributed by atoms with Gasteiger partial charge in [-0.15, -0.1) is 0 Å². The highest BCUT2D eigenvalue weighted by molar-refractivity contribution is 5.93. The average Bonchev–Trinajstić information content (AvgIpc) is 2.36. The van der Waals surface area contributed by atoms with Gasteiger partial charge in [-0.3, -0.25) is 9.69 Å². The number of anilines is 1. The van der Waals surface area contributed by atoms with Gasteiger partial charge < -0.3 is 10.3 Å². The minimum atomic E-state index is -0.328. The summed E-state index contributed by atoms with van der Waals surface area (Å²) in [4.78, 5) is 27.3. The Hall–Kier alpha value is -2.30. The van der Waals surface area contributed by atoms with Crippen molar-refractivity contribution in [3.8, 4) is 0 Å². The summed E-state index contributed by atoms with van der Waals surface area (Å²) in [5.41, 5.74) is 0.796. The number of para-hydroxylation sites is 1. The Morgan fingerprint density at radius 3 is 2.76 bits per heavy atom. The summed E-state index contributed by atoms with van der Waals surface area (Å²) in [6.07, 6.45) is 0. The number of hydrogen-bond acceptors (Lipinski definition) is 2. The SMILES string of the molecule is CNC(=O)N(C)c1cc2ccccc2[nH]c1=O. The molecular formula is C12H13N3O2. The third kappa shape index (κ3) is 1.99. The zero-order chi connectivity index (χ0) is 12.4. The second-order valence-electron chi connectivity index (χ2n) is 3.69. The van der Waals surface area contributed by atoms with Crippen LogP contribution in [0.15, 0.2) is 35.1 Å². The lowest BCUT2D eigenvalue weighted by molar-refractivity contribution is 0.249. The van der Waals surface area contributed by atoms with Crippen LogP contribution in [0.4, 0.5) is 10.5 Å². The van der Waals surface area contributed by atoms with Gasteiger partial charge in [-0.25, -0.2) is 4.79 Å². The monoisotopic (exact) mass is 231 g/mol. The Balaban J connectivity index is 2.58. The van der Waals surface area contributed by atoms with E-state index in [0.717, 1.165) is 10.9 Å². The molecule has 5 heteroatoms. The fraction of sp³-hybridized carbons (Fsp3) is 0.167. The predicted molar refractivity (Wildman–Crippen MR) is 67.4 cm³/mol. The number of benzene rings is 1.